The number of anilines is 1. The van der Waals surface area contributed by atoms with Crippen LogP contribution in [0.25, 0.3) is 11.6 Å². The summed E-state index contributed by atoms with van der Waals surface area (Å²) in [7, 11) is 0. The molecule has 1 amide bonds. The Bertz CT molecular complexity index is 921. The monoisotopic (exact) mass is 480 g/mol. The minimum absolute atomic E-state index is 0.0907. The van der Waals surface area contributed by atoms with E-state index in [1.54, 1.807) is 18.4 Å². The van der Waals surface area contributed by atoms with Crippen molar-refractivity contribution in [1.29, 1.82) is 0 Å². The summed E-state index contributed by atoms with van der Waals surface area (Å²) in [4.78, 5) is 12.3. The third-order valence-electron chi connectivity index (χ3n) is 3.56. The summed E-state index contributed by atoms with van der Waals surface area (Å²) in [5.41, 5.74) is 1.85. The fourth-order valence-corrected chi connectivity index (χ4v) is 3.76. The van der Waals surface area contributed by atoms with Crippen LogP contribution in [-0.2, 0) is 11.3 Å². The van der Waals surface area contributed by atoms with Gasteiger partial charge in [-0.2, -0.15) is 0 Å². The summed E-state index contributed by atoms with van der Waals surface area (Å²) in [6.45, 7) is 6.28. The van der Waals surface area contributed by atoms with Crippen LogP contribution in [0.2, 0.25) is 0 Å². The van der Waals surface area contributed by atoms with Crippen LogP contribution >= 0.6 is 34.4 Å². The van der Waals surface area contributed by atoms with Gasteiger partial charge in [0.2, 0.25) is 11.7 Å². The molecule has 0 spiro atoms. The third kappa shape index (κ3) is 4.36. The largest absolute Gasteiger partial charge is 0.461 e. The number of hydrogen-bond acceptors (Lipinski definition) is 5. The van der Waals surface area contributed by atoms with Crippen molar-refractivity contribution in [3.8, 4) is 11.6 Å². The highest BCUT2D eigenvalue weighted by atomic mass is 127. The van der Waals surface area contributed by atoms with E-state index in [-0.39, 0.29) is 11.7 Å². The predicted molar refractivity (Wildman–Crippen MR) is 111 cm³/mol. The first kappa shape index (κ1) is 18.7. The molecule has 134 valence electrons. The Morgan fingerprint density at radius 2 is 2.27 bits per heavy atom. The van der Waals surface area contributed by atoms with Crippen molar-refractivity contribution in [3.63, 3.8) is 0 Å². The van der Waals surface area contributed by atoms with Gasteiger partial charge in [0.25, 0.3) is 0 Å². The lowest BCUT2D eigenvalue weighted by atomic mass is 10.2. The van der Waals surface area contributed by atoms with Crippen LogP contribution in [-0.4, -0.2) is 26.4 Å². The number of rotatable bonds is 7. The molecule has 26 heavy (non-hydrogen) atoms. The molecule has 0 atom stereocenters. The fraction of sp³-hybridized carbons (Fsp3) is 0.167. The molecule has 1 N–H and O–H groups in total. The van der Waals surface area contributed by atoms with Gasteiger partial charge in [-0.3, -0.25) is 9.36 Å². The lowest BCUT2D eigenvalue weighted by Crippen LogP contribution is -2.15. The second-order valence-electron chi connectivity index (χ2n) is 5.48. The van der Waals surface area contributed by atoms with Crippen molar-refractivity contribution in [2.75, 3.05) is 11.1 Å². The topological polar surface area (TPSA) is 73.0 Å². The maximum atomic E-state index is 12.3. The first-order chi connectivity index (χ1) is 12.6. The Kier molecular flexibility index (Phi) is 6.15. The van der Waals surface area contributed by atoms with Crippen molar-refractivity contribution in [1.82, 2.24) is 14.8 Å². The van der Waals surface area contributed by atoms with Crippen LogP contribution in [0.3, 0.4) is 0 Å². The summed E-state index contributed by atoms with van der Waals surface area (Å²) < 4.78 is 8.41. The van der Waals surface area contributed by atoms with Crippen LogP contribution in [0.1, 0.15) is 5.56 Å². The number of allylic oxidation sites excluding steroid dienone is 1. The Hall–Kier alpha value is -2.07. The minimum atomic E-state index is -0.0907. The van der Waals surface area contributed by atoms with Crippen LogP contribution in [0, 0.1) is 10.5 Å². The molecule has 0 saturated heterocycles. The van der Waals surface area contributed by atoms with Crippen LogP contribution in [0.15, 0.2) is 58.8 Å². The zero-order valence-corrected chi connectivity index (χ0v) is 17.1. The van der Waals surface area contributed by atoms with Crippen LogP contribution < -0.4 is 5.32 Å². The first-order valence-corrected chi connectivity index (χ1v) is 9.91. The van der Waals surface area contributed by atoms with Gasteiger partial charge in [-0.25, -0.2) is 0 Å². The molecule has 0 aliphatic heterocycles. The molecule has 0 saturated carbocycles. The van der Waals surface area contributed by atoms with E-state index < -0.39 is 0 Å². The molecule has 1 aromatic carbocycles. The molecular weight excluding hydrogens is 463 g/mol. The molecule has 2 heterocycles. The van der Waals surface area contributed by atoms with Gasteiger partial charge in [0.05, 0.1) is 12.0 Å². The van der Waals surface area contributed by atoms with Gasteiger partial charge in [0.1, 0.15) is 0 Å². The van der Waals surface area contributed by atoms with Gasteiger partial charge in [0.15, 0.2) is 10.9 Å². The van der Waals surface area contributed by atoms with Crippen molar-refractivity contribution in [3.05, 3.63) is 58.4 Å². The Morgan fingerprint density at radius 1 is 1.42 bits per heavy atom. The zero-order chi connectivity index (χ0) is 18.5. The molecule has 0 aliphatic carbocycles. The number of aromatic nitrogens is 3. The molecule has 3 aromatic rings. The van der Waals surface area contributed by atoms with Crippen LogP contribution in [0.5, 0.6) is 0 Å². The molecule has 3 rings (SSSR count). The lowest BCUT2D eigenvalue weighted by Gasteiger charge is -2.09. The number of benzene rings is 1. The van der Waals surface area contributed by atoms with Crippen molar-refractivity contribution in [2.45, 2.75) is 18.6 Å². The maximum absolute atomic E-state index is 12.3. The van der Waals surface area contributed by atoms with Gasteiger partial charge in [-0.1, -0.05) is 17.8 Å². The van der Waals surface area contributed by atoms with Gasteiger partial charge < -0.3 is 9.73 Å². The van der Waals surface area contributed by atoms with Gasteiger partial charge in [-0.15, -0.1) is 16.8 Å². The van der Waals surface area contributed by atoms with Gasteiger partial charge in [-0.05, 0) is 65.4 Å². The highest BCUT2D eigenvalue weighted by Crippen LogP contribution is 2.25. The fourth-order valence-electron chi connectivity index (χ4n) is 2.36. The van der Waals surface area contributed by atoms with E-state index in [9.17, 15) is 4.79 Å². The van der Waals surface area contributed by atoms with E-state index in [1.807, 2.05) is 35.8 Å². The molecule has 0 radical (unpaired) electrons. The van der Waals surface area contributed by atoms with E-state index in [2.05, 4.69) is 44.7 Å². The number of thioether (sulfide) groups is 1. The number of nitrogens with one attached hydrogen (secondary N) is 1. The first-order valence-electron chi connectivity index (χ1n) is 7.85. The molecule has 8 heteroatoms. The third-order valence-corrected chi connectivity index (χ3v) is 5.20. The number of carbonyl (C=O) groups is 1. The predicted octanol–water partition coefficient (Wildman–Crippen LogP) is 4.37. The molecule has 2 aromatic heterocycles. The number of carbonyl (C=O) groups excluding carboxylic acids is 1. The summed E-state index contributed by atoms with van der Waals surface area (Å²) in [5.74, 6) is 1.39. The average Bonchev–Trinajstić information content (AvgIpc) is 3.26. The standard InChI is InChI=1S/C18H17IN4O2S/c1-3-8-23-17(15-5-4-9-25-15)21-22-18(23)26-11-16(24)20-14-7-6-13(19)10-12(14)2/h3-7,9-10H,1,8,11H2,2H3,(H,20,24). The second kappa shape index (κ2) is 8.54. The second-order valence-corrected chi connectivity index (χ2v) is 7.67. The maximum Gasteiger partial charge on any atom is 0.234 e. The van der Waals surface area contributed by atoms with E-state index in [0.717, 1.165) is 14.8 Å². The zero-order valence-electron chi connectivity index (χ0n) is 14.1. The summed E-state index contributed by atoms with van der Waals surface area (Å²) in [5, 5.41) is 11.9. The van der Waals surface area contributed by atoms with E-state index in [4.69, 9.17) is 4.42 Å². The van der Waals surface area contributed by atoms with Crippen molar-refractivity contribution < 1.29 is 9.21 Å². The minimum Gasteiger partial charge on any atom is -0.461 e. The number of amides is 1. The molecule has 0 fully saturated rings. The molecular formula is C18H17IN4O2S. The quantitative estimate of drug-likeness (QED) is 0.309. The van der Waals surface area contributed by atoms with Gasteiger partial charge >= 0.3 is 0 Å². The molecule has 0 bridgehead atoms. The van der Waals surface area contributed by atoms with E-state index in [1.165, 1.54) is 11.8 Å². The van der Waals surface area contributed by atoms with E-state index in [0.29, 0.717) is 23.3 Å². The summed E-state index contributed by atoms with van der Waals surface area (Å²) in [6.07, 6.45) is 3.35. The Balaban J connectivity index is 1.69. The molecule has 6 nitrogen and oxygen atoms in total. The highest BCUT2D eigenvalue weighted by Gasteiger charge is 2.16. The van der Waals surface area contributed by atoms with Crippen molar-refractivity contribution >= 4 is 45.9 Å². The Morgan fingerprint density at radius 3 is 2.96 bits per heavy atom. The number of nitrogens with zero attached hydrogens (tertiary/aromatic N) is 3. The summed E-state index contributed by atoms with van der Waals surface area (Å²) >= 11 is 3.58. The van der Waals surface area contributed by atoms with Crippen molar-refractivity contribution in [2.24, 2.45) is 0 Å². The van der Waals surface area contributed by atoms with Gasteiger partial charge in [0, 0.05) is 15.8 Å². The number of furan rings is 1. The normalized spacial score (nSPS) is 10.7. The van der Waals surface area contributed by atoms with Crippen LogP contribution in [0.4, 0.5) is 5.69 Å². The smallest absolute Gasteiger partial charge is 0.234 e. The summed E-state index contributed by atoms with van der Waals surface area (Å²) in [6, 6.07) is 9.53. The number of aryl methyl sites for hydroxylation is 1. The SMILES string of the molecule is C=CCn1c(SCC(=O)Nc2ccc(I)cc2C)nnc1-c1ccco1. The Labute approximate surface area is 169 Å². The molecule has 0 unspecified atom stereocenters. The molecule has 0 aliphatic rings. The lowest BCUT2D eigenvalue weighted by molar-refractivity contribution is -0.113. The number of hydrogen-bond donors (Lipinski definition) is 1. The average molecular weight is 480 g/mol. The number of halogens is 1. The van der Waals surface area contributed by atoms with E-state index >= 15 is 0 Å². The highest BCUT2D eigenvalue weighted by molar-refractivity contribution is 14.1.